The van der Waals surface area contributed by atoms with Gasteiger partial charge in [-0.3, -0.25) is 13.9 Å². The van der Waals surface area contributed by atoms with Crippen LogP contribution in [0.2, 0.25) is 10.0 Å². The summed E-state index contributed by atoms with van der Waals surface area (Å²) >= 11 is 12.6. The van der Waals surface area contributed by atoms with Gasteiger partial charge in [-0.25, -0.2) is 8.42 Å². The summed E-state index contributed by atoms with van der Waals surface area (Å²) in [6, 6.07) is 13.3. The van der Waals surface area contributed by atoms with Crippen LogP contribution in [-0.4, -0.2) is 58.0 Å². The van der Waals surface area contributed by atoms with Crippen molar-refractivity contribution in [2.24, 2.45) is 0 Å². The Morgan fingerprint density at radius 1 is 0.909 bits per heavy atom. The van der Waals surface area contributed by atoms with E-state index in [9.17, 15) is 18.0 Å². The van der Waals surface area contributed by atoms with Crippen molar-refractivity contribution in [1.29, 1.82) is 0 Å². The molecule has 0 aliphatic rings. The molecule has 3 aromatic carbocycles. The summed E-state index contributed by atoms with van der Waals surface area (Å²) < 4.78 is 40.2. The zero-order valence-electron chi connectivity index (χ0n) is 26.0. The number of halogens is 2. The fourth-order valence-corrected chi connectivity index (χ4v) is 6.49. The lowest BCUT2D eigenvalue weighted by atomic mass is 10.1. The molecule has 0 bridgehead atoms. The molecule has 1 N–H and O–H groups in total. The third kappa shape index (κ3) is 8.37. The minimum Gasteiger partial charge on any atom is -0.493 e. The molecule has 238 valence electrons. The van der Waals surface area contributed by atoms with Gasteiger partial charge in [0.05, 0.1) is 24.8 Å². The van der Waals surface area contributed by atoms with Gasteiger partial charge in [-0.2, -0.15) is 0 Å². The van der Waals surface area contributed by atoms with Crippen LogP contribution < -0.4 is 19.1 Å². The molecule has 0 aliphatic carbocycles. The number of hydrogen-bond donors (Lipinski definition) is 1. The Bertz CT molecular complexity index is 1600. The Hall–Kier alpha value is -3.47. The van der Waals surface area contributed by atoms with Crippen LogP contribution in [0.1, 0.15) is 43.9 Å². The first-order valence-corrected chi connectivity index (χ1v) is 16.3. The number of anilines is 1. The second kappa shape index (κ2) is 15.0. The number of carbonyl (C=O) groups excluding carboxylic acids is 2. The van der Waals surface area contributed by atoms with Crippen LogP contribution in [0.15, 0.2) is 59.5 Å². The zero-order valence-corrected chi connectivity index (χ0v) is 28.3. The van der Waals surface area contributed by atoms with E-state index < -0.39 is 28.5 Å². The van der Waals surface area contributed by atoms with E-state index in [0.29, 0.717) is 33.5 Å². The predicted octanol–water partition coefficient (Wildman–Crippen LogP) is 6.15. The maximum atomic E-state index is 14.3. The number of carbonyl (C=O) groups is 2. The highest BCUT2D eigenvalue weighted by atomic mass is 35.5. The lowest BCUT2D eigenvalue weighted by Crippen LogP contribution is -2.52. The van der Waals surface area contributed by atoms with E-state index in [0.717, 1.165) is 15.4 Å². The van der Waals surface area contributed by atoms with Gasteiger partial charge in [-0.05, 0) is 87.2 Å². The van der Waals surface area contributed by atoms with Gasteiger partial charge in [-0.1, -0.05) is 42.3 Å². The minimum absolute atomic E-state index is 0.0545. The highest BCUT2D eigenvalue weighted by molar-refractivity contribution is 7.92. The summed E-state index contributed by atoms with van der Waals surface area (Å²) in [6.45, 7) is 8.44. The van der Waals surface area contributed by atoms with Gasteiger partial charge in [0, 0.05) is 28.7 Å². The van der Waals surface area contributed by atoms with Gasteiger partial charge < -0.3 is 19.7 Å². The molecule has 9 nitrogen and oxygen atoms in total. The monoisotopic (exact) mass is 663 g/mol. The lowest BCUT2D eigenvalue weighted by Gasteiger charge is -2.33. The molecule has 0 saturated heterocycles. The fourth-order valence-electron chi connectivity index (χ4n) is 4.61. The quantitative estimate of drug-likeness (QED) is 0.235. The molecule has 44 heavy (non-hydrogen) atoms. The summed E-state index contributed by atoms with van der Waals surface area (Å²) in [5, 5.41) is 3.64. The Kier molecular flexibility index (Phi) is 11.9. The highest BCUT2D eigenvalue weighted by Crippen LogP contribution is 2.33. The van der Waals surface area contributed by atoms with Crippen molar-refractivity contribution < 1.29 is 27.5 Å². The second-order valence-electron chi connectivity index (χ2n) is 10.6. The Labute approximate surface area is 270 Å². The van der Waals surface area contributed by atoms with Gasteiger partial charge in [0.2, 0.25) is 11.8 Å². The molecule has 3 aromatic rings. The van der Waals surface area contributed by atoms with Crippen molar-refractivity contribution in [2.75, 3.05) is 25.1 Å². The normalized spacial score (nSPS) is 12.7. The number of nitrogens with zero attached hydrogens (tertiary/aromatic N) is 2. The average molecular weight is 665 g/mol. The van der Waals surface area contributed by atoms with Crippen molar-refractivity contribution in [1.82, 2.24) is 10.2 Å². The molecule has 0 fully saturated rings. The number of nitrogens with one attached hydrogen (secondary N) is 1. The molecule has 12 heteroatoms. The van der Waals surface area contributed by atoms with Crippen molar-refractivity contribution in [3.05, 3.63) is 81.3 Å². The average Bonchev–Trinajstić information content (AvgIpc) is 2.97. The third-order valence-corrected chi connectivity index (χ3v) is 9.60. The highest BCUT2D eigenvalue weighted by Gasteiger charge is 2.33. The van der Waals surface area contributed by atoms with Gasteiger partial charge in [0.25, 0.3) is 10.0 Å². The molecule has 2 amide bonds. The van der Waals surface area contributed by atoms with Crippen LogP contribution in [-0.2, 0) is 26.2 Å². The van der Waals surface area contributed by atoms with Crippen molar-refractivity contribution in [2.45, 2.75) is 64.6 Å². The van der Waals surface area contributed by atoms with Crippen molar-refractivity contribution >= 4 is 50.7 Å². The zero-order chi connectivity index (χ0) is 32.8. The van der Waals surface area contributed by atoms with E-state index in [4.69, 9.17) is 32.7 Å². The van der Waals surface area contributed by atoms with Crippen LogP contribution in [0.5, 0.6) is 11.5 Å². The molecular formula is C32H39Cl2N3O6S. The van der Waals surface area contributed by atoms with Crippen molar-refractivity contribution in [3.63, 3.8) is 0 Å². The summed E-state index contributed by atoms with van der Waals surface area (Å²) in [6.07, 6.45) is 0.694. The van der Waals surface area contributed by atoms with Crippen LogP contribution in [0.4, 0.5) is 5.69 Å². The maximum Gasteiger partial charge on any atom is 0.264 e. The maximum absolute atomic E-state index is 14.3. The number of sulfonamides is 1. The first-order chi connectivity index (χ1) is 20.7. The molecule has 2 atom stereocenters. The summed E-state index contributed by atoms with van der Waals surface area (Å²) in [5.74, 6) is -0.410. The van der Waals surface area contributed by atoms with Crippen LogP contribution in [0.3, 0.4) is 0 Å². The van der Waals surface area contributed by atoms with Crippen molar-refractivity contribution in [3.8, 4) is 11.5 Å². The number of rotatable bonds is 13. The van der Waals surface area contributed by atoms with E-state index in [1.54, 1.807) is 37.3 Å². The first-order valence-electron chi connectivity index (χ1n) is 14.1. The summed E-state index contributed by atoms with van der Waals surface area (Å²) in [4.78, 5) is 28.7. The minimum atomic E-state index is -4.32. The van der Waals surface area contributed by atoms with Crippen LogP contribution in [0.25, 0.3) is 0 Å². The molecule has 0 unspecified atom stereocenters. The largest absolute Gasteiger partial charge is 0.493 e. The fraction of sp³-hybridized carbons (Fsp3) is 0.375. The Balaban J connectivity index is 2.13. The van der Waals surface area contributed by atoms with Crippen LogP contribution in [0, 0.1) is 13.8 Å². The van der Waals surface area contributed by atoms with E-state index >= 15 is 0 Å². The molecule has 0 radical (unpaired) electrons. The SMILES string of the molecule is CC[C@@H](C)NC(=O)[C@H](C)N(Cc1ccc(Cl)cc1Cl)C(=O)CN(c1cc(C)cc(C)c1)S(=O)(=O)c1ccc(OC)c(OC)c1. The smallest absolute Gasteiger partial charge is 0.264 e. The molecule has 0 heterocycles. The predicted molar refractivity (Wildman–Crippen MR) is 174 cm³/mol. The Morgan fingerprint density at radius 3 is 2.11 bits per heavy atom. The number of amides is 2. The lowest BCUT2D eigenvalue weighted by molar-refractivity contribution is -0.139. The van der Waals surface area contributed by atoms with Crippen LogP contribution >= 0.6 is 23.2 Å². The van der Waals surface area contributed by atoms with E-state index in [1.807, 2.05) is 33.8 Å². The molecular weight excluding hydrogens is 625 g/mol. The summed E-state index contributed by atoms with van der Waals surface area (Å²) in [7, 11) is -1.46. The Morgan fingerprint density at radius 2 is 1.55 bits per heavy atom. The van der Waals surface area contributed by atoms with E-state index in [-0.39, 0.29) is 29.1 Å². The number of hydrogen-bond acceptors (Lipinski definition) is 6. The standard InChI is InChI=1S/C32H39Cl2N3O6S/c1-8-22(4)35-32(39)23(5)36(18-24-9-10-25(33)16-28(24)34)31(38)19-37(26-14-20(2)13-21(3)15-26)44(40,41)27-11-12-29(42-6)30(17-27)43-7/h9-17,22-23H,8,18-19H2,1-7H3,(H,35,39)/t22-,23+/m1/s1. The number of ether oxygens (including phenoxy) is 2. The first kappa shape index (κ1) is 35.0. The third-order valence-electron chi connectivity index (χ3n) is 7.24. The molecule has 0 saturated carbocycles. The number of methoxy groups -OCH3 is 2. The number of benzene rings is 3. The molecule has 0 aromatic heterocycles. The van der Waals surface area contributed by atoms with Gasteiger partial charge in [-0.15, -0.1) is 0 Å². The van der Waals surface area contributed by atoms with E-state index in [2.05, 4.69) is 5.32 Å². The molecule has 0 spiro atoms. The number of aryl methyl sites for hydroxylation is 2. The topological polar surface area (TPSA) is 105 Å². The molecule has 0 aliphatic heterocycles. The van der Waals surface area contributed by atoms with Gasteiger partial charge in [0.1, 0.15) is 12.6 Å². The molecule has 3 rings (SSSR count). The van der Waals surface area contributed by atoms with Gasteiger partial charge >= 0.3 is 0 Å². The second-order valence-corrected chi connectivity index (χ2v) is 13.3. The summed E-state index contributed by atoms with van der Waals surface area (Å²) in [5.41, 5.74) is 2.47. The van der Waals surface area contributed by atoms with E-state index in [1.165, 1.54) is 37.3 Å². The van der Waals surface area contributed by atoms with Gasteiger partial charge in [0.15, 0.2) is 11.5 Å².